The van der Waals surface area contributed by atoms with E-state index in [0.717, 1.165) is 12.1 Å². The minimum absolute atomic E-state index is 0.00306. The lowest BCUT2D eigenvalue weighted by atomic mass is 10.1. The van der Waals surface area contributed by atoms with E-state index in [2.05, 4.69) is 11.9 Å². The predicted octanol–water partition coefficient (Wildman–Crippen LogP) is 3.49. The third-order valence-electron chi connectivity index (χ3n) is 2.89. The van der Waals surface area contributed by atoms with Crippen molar-refractivity contribution < 1.29 is 9.53 Å². The molecule has 4 heteroatoms. The molecule has 0 fully saturated rings. The summed E-state index contributed by atoms with van der Waals surface area (Å²) in [6, 6.07) is 10.8. The van der Waals surface area contributed by atoms with Crippen LogP contribution in [0.5, 0.6) is 5.75 Å². The highest BCUT2D eigenvalue weighted by molar-refractivity contribution is 6.30. The number of Topliss-reactive ketones (excluding diaryl/α,β-unsaturated/α-hetero) is 1. The maximum Gasteiger partial charge on any atom is 0.176 e. The van der Waals surface area contributed by atoms with Gasteiger partial charge >= 0.3 is 0 Å². The largest absolute Gasteiger partial charge is 0.486 e. The minimum Gasteiger partial charge on any atom is -0.486 e. The highest BCUT2D eigenvalue weighted by Gasteiger charge is 2.06. The van der Waals surface area contributed by atoms with Gasteiger partial charge in [-0.3, -0.25) is 9.78 Å². The molecule has 0 radical (unpaired) electrons. The van der Waals surface area contributed by atoms with Gasteiger partial charge in [-0.15, -0.1) is 0 Å². The van der Waals surface area contributed by atoms with Crippen LogP contribution in [-0.4, -0.2) is 17.4 Å². The van der Waals surface area contributed by atoms with Crippen molar-refractivity contribution in [3.63, 3.8) is 0 Å². The average Bonchev–Trinajstić information content (AvgIpc) is 2.47. The highest BCUT2D eigenvalue weighted by Crippen LogP contribution is 2.15. The van der Waals surface area contributed by atoms with Crippen LogP contribution in [0.25, 0.3) is 0 Å². The van der Waals surface area contributed by atoms with E-state index in [1.54, 1.807) is 24.3 Å². The zero-order chi connectivity index (χ0) is 14.4. The van der Waals surface area contributed by atoms with Gasteiger partial charge in [0.25, 0.3) is 0 Å². The number of ether oxygens (including phenoxy) is 1. The first kappa shape index (κ1) is 14.5. The van der Waals surface area contributed by atoms with E-state index in [1.807, 2.05) is 18.3 Å². The van der Waals surface area contributed by atoms with Crippen LogP contribution in [0.1, 0.15) is 18.2 Å². The van der Waals surface area contributed by atoms with Gasteiger partial charge in [0, 0.05) is 16.9 Å². The first-order valence-electron chi connectivity index (χ1n) is 6.51. The second kappa shape index (κ2) is 7.06. The summed E-state index contributed by atoms with van der Waals surface area (Å²) in [6.07, 6.45) is 3.04. The van der Waals surface area contributed by atoms with Crippen molar-refractivity contribution >= 4 is 17.4 Å². The topological polar surface area (TPSA) is 39.2 Å². The number of carbonyl (C=O) groups is 1. The van der Waals surface area contributed by atoms with Crippen LogP contribution in [-0.2, 0) is 17.6 Å². The van der Waals surface area contributed by atoms with Gasteiger partial charge in [-0.1, -0.05) is 24.6 Å². The number of halogens is 1. The third-order valence-corrected chi connectivity index (χ3v) is 3.14. The lowest BCUT2D eigenvalue weighted by molar-refractivity contribution is -0.120. The molecule has 2 rings (SSSR count). The van der Waals surface area contributed by atoms with Crippen molar-refractivity contribution in [2.45, 2.75) is 19.8 Å². The Hall–Kier alpha value is -1.87. The number of aromatic nitrogens is 1. The van der Waals surface area contributed by atoms with E-state index in [9.17, 15) is 4.79 Å². The smallest absolute Gasteiger partial charge is 0.176 e. The molecule has 1 heterocycles. The molecule has 20 heavy (non-hydrogen) atoms. The van der Waals surface area contributed by atoms with Gasteiger partial charge in [0.15, 0.2) is 5.78 Å². The van der Waals surface area contributed by atoms with Crippen molar-refractivity contribution in [3.8, 4) is 5.75 Å². The van der Waals surface area contributed by atoms with E-state index < -0.39 is 0 Å². The fraction of sp³-hybridized carbons (Fsp3) is 0.250. The number of pyridine rings is 1. The number of carbonyl (C=O) groups excluding carboxylic acids is 1. The van der Waals surface area contributed by atoms with E-state index >= 15 is 0 Å². The fourth-order valence-electron chi connectivity index (χ4n) is 1.72. The Kier molecular flexibility index (Phi) is 5.13. The van der Waals surface area contributed by atoms with Crippen LogP contribution in [0.2, 0.25) is 5.02 Å². The van der Waals surface area contributed by atoms with Gasteiger partial charge in [-0.05, 0) is 42.3 Å². The maximum atomic E-state index is 11.8. The lowest BCUT2D eigenvalue weighted by Gasteiger charge is -2.05. The van der Waals surface area contributed by atoms with Crippen LogP contribution in [0.3, 0.4) is 0 Å². The summed E-state index contributed by atoms with van der Waals surface area (Å²) in [5, 5.41) is 0.642. The Morgan fingerprint density at radius 1 is 1.20 bits per heavy atom. The Labute approximate surface area is 123 Å². The quantitative estimate of drug-likeness (QED) is 0.817. The summed E-state index contributed by atoms with van der Waals surface area (Å²) in [7, 11) is 0. The second-order valence-electron chi connectivity index (χ2n) is 4.47. The molecule has 0 aliphatic heterocycles. The average molecular weight is 290 g/mol. The summed E-state index contributed by atoms with van der Waals surface area (Å²) in [5.74, 6) is 0.633. The monoisotopic (exact) mass is 289 g/mol. The molecule has 3 nitrogen and oxygen atoms in total. The number of hydrogen-bond donors (Lipinski definition) is 0. The number of benzene rings is 1. The molecule has 0 amide bonds. The predicted molar refractivity (Wildman–Crippen MR) is 79.3 cm³/mol. The minimum atomic E-state index is -0.00306. The summed E-state index contributed by atoms with van der Waals surface area (Å²) in [4.78, 5) is 16.1. The molecule has 1 aromatic carbocycles. The molecule has 0 bridgehead atoms. The van der Waals surface area contributed by atoms with Gasteiger partial charge in [0.1, 0.15) is 12.4 Å². The highest BCUT2D eigenvalue weighted by atomic mass is 35.5. The van der Waals surface area contributed by atoms with Gasteiger partial charge in [-0.25, -0.2) is 0 Å². The number of aryl methyl sites for hydroxylation is 1. The standard InChI is InChI=1S/C16H16ClNO2/c1-2-12-3-6-14(18-10-12)9-15(19)11-20-16-7-4-13(17)5-8-16/h3-8,10H,2,9,11H2,1H3. The van der Waals surface area contributed by atoms with E-state index in [0.29, 0.717) is 10.8 Å². The van der Waals surface area contributed by atoms with Crippen LogP contribution >= 0.6 is 11.6 Å². The van der Waals surface area contributed by atoms with Crippen molar-refractivity contribution in [1.29, 1.82) is 0 Å². The van der Waals surface area contributed by atoms with Crippen molar-refractivity contribution in [2.24, 2.45) is 0 Å². The number of ketones is 1. The van der Waals surface area contributed by atoms with Crippen molar-refractivity contribution in [2.75, 3.05) is 6.61 Å². The SMILES string of the molecule is CCc1ccc(CC(=O)COc2ccc(Cl)cc2)nc1. The van der Waals surface area contributed by atoms with Crippen LogP contribution in [0.15, 0.2) is 42.6 Å². The van der Waals surface area contributed by atoms with Gasteiger partial charge in [0.05, 0.1) is 6.42 Å². The molecule has 0 aliphatic carbocycles. The van der Waals surface area contributed by atoms with E-state index in [-0.39, 0.29) is 18.8 Å². The molecule has 1 aromatic heterocycles. The Balaban J connectivity index is 1.84. The maximum absolute atomic E-state index is 11.8. The molecule has 0 spiro atoms. The van der Waals surface area contributed by atoms with E-state index in [4.69, 9.17) is 16.3 Å². The van der Waals surface area contributed by atoms with Crippen LogP contribution in [0.4, 0.5) is 0 Å². The molecule has 0 saturated carbocycles. The number of rotatable bonds is 6. The summed E-state index contributed by atoms with van der Waals surface area (Å²) >= 11 is 5.78. The van der Waals surface area contributed by atoms with Crippen molar-refractivity contribution in [1.82, 2.24) is 4.98 Å². The zero-order valence-electron chi connectivity index (χ0n) is 11.3. The summed E-state index contributed by atoms with van der Waals surface area (Å²) < 4.78 is 5.40. The molecule has 0 unspecified atom stereocenters. The summed E-state index contributed by atoms with van der Waals surface area (Å²) in [5.41, 5.74) is 1.94. The zero-order valence-corrected chi connectivity index (χ0v) is 12.1. The Morgan fingerprint density at radius 3 is 2.55 bits per heavy atom. The molecule has 2 aromatic rings. The van der Waals surface area contributed by atoms with Gasteiger partial charge < -0.3 is 4.74 Å². The van der Waals surface area contributed by atoms with Gasteiger partial charge in [-0.2, -0.15) is 0 Å². The van der Waals surface area contributed by atoms with Gasteiger partial charge in [0.2, 0.25) is 0 Å². The fourth-order valence-corrected chi connectivity index (χ4v) is 1.84. The molecule has 0 N–H and O–H groups in total. The molecular weight excluding hydrogens is 274 g/mol. The molecule has 0 saturated heterocycles. The molecule has 0 atom stereocenters. The lowest BCUT2D eigenvalue weighted by Crippen LogP contribution is -2.14. The molecule has 0 aliphatic rings. The normalized spacial score (nSPS) is 10.3. The van der Waals surface area contributed by atoms with Crippen molar-refractivity contribution in [3.05, 3.63) is 58.9 Å². The number of hydrogen-bond acceptors (Lipinski definition) is 3. The van der Waals surface area contributed by atoms with E-state index in [1.165, 1.54) is 5.56 Å². The Bertz CT molecular complexity index is 564. The van der Waals surface area contributed by atoms with Crippen LogP contribution < -0.4 is 4.74 Å². The third kappa shape index (κ3) is 4.35. The first-order valence-corrected chi connectivity index (χ1v) is 6.89. The Morgan fingerprint density at radius 2 is 1.95 bits per heavy atom. The first-order chi connectivity index (χ1) is 9.67. The van der Waals surface area contributed by atoms with Crippen LogP contribution in [0, 0.1) is 0 Å². The second-order valence-corrected chi connectivity index (χ2v) is 4.91. The molecular formula is C16H16ClNO2. The molecule has 104 valence electrons. The summed E-state index contributed by atoms with van der Waals surface area (Å²) in [6.45, 7) is 2.11. The number of nitrogens with zero attached hydrogens (tertiary/aromatic N) is 1.